The molecular weight excluding hydrogens is 198 g/mol. The standard InChI is InChI=1S/C10H11NO4/c1-5-3-4-7(10(14)15-11)6(2)8(5)9(12)13/h3-4H,11H2,1-2H3,(H,12,13). The van der Waals surface area contributed by atoms with Crippen LogP contribution in [0.1, 0.15) is 31.8 Å². The molecule has 80 valence electrons. The summed E-state index contributed by atoms with van der Waals surface area (Å²) in [5, 5.41) is 8.94. The minimum atomic E-state index is -1.07. The predicted molar refractivity (Wildman–Crippen MR) is 52.5 cm³/mol. The highest BCUT2D eigenvalue weighted by Crippen LogP contribution is 2.18. The van der Waals surface area contributed by atoms with E-state index in [1.807, 2.05) is 0 Å². The van der Waals surface area contributed by atoms with Crippen molar-refractivity contribution in [1.29, 1.82) is 0 Å². The highest BCUT2D eigenvalue weighted by molar-refractivity contribution is 5.98. The van der Waals surface area contributed by atoms with Crippen LogP contribution >= 0.6 is 0 Å². The maximum Gasteiger partial charge on any atom is 0.356 e. The Kier molecular flexibility index (Phi) is 3.06. The maximum absolute atomic E-state index is 11.2. The Labute approximate surface area is 86.4 Å². The first kappa shape index (κ1) is 11.2. The Bertz CT molecular complexity index is 426. The van der Waals surface area contributed by atoms with Gasteiger partial charge in [0.25, 0.3) is 0 Å². The zero-order chi connectivity index (χ0) is 11.6. The molecule has 0 aliphatic carbocycles. The third-order valence-corrected chi connectivity index (χ3v) is 2.21. The number of carboxylic acids is 1. The summed E-state index contributed by atoms with van der Waals surface area (Å²) in [5.41, 5.74) is 1.23. The number of nitrogens with two attached hydrogens (primary N) is 1. The first-order valence-electron chi connectivity index (χ1n) is 4.23. The average molecular weight is 209 g/mol. The zero-order valence-electron chi connectivity index (χ0n) is 8.40. The Morgan fingerprint density at radius 1 is 1.33 bits per heavy atom. The summed E-state index contributed by atoms with van der Waals surface area (Å²) in [5.74, 6) is 2.93. The van der Waals surface area contributed by atoms with Crippen LogP contribution in [-0.4, -0.2) is 17.0 Å². The van der Waals surface area contributed by atoms with Crippen molar-refractivity contribution >= 4 is 11.9 Å². The summed E-state index contributed by atoms with van der Waals surface area (Å²) in [6.07, 6.45) is 0. The van der Waals surface area contributed by atoms with Gasteiger partial charge in [-0.25, -0.2) is 9.59 Å². The van der Waals surface area contributed by atoms with Gasteiger partial charge in [-0.05, 0) is 31.0 Å². The summed E-state index contributed by atoms with van der Waals surface area (Å²) in [6, 6.07) is 3.04. The molecule has 1 aromatic rings. The molecule has 5 heteroatoms. The third-order valence-electron chi connectivity index (χ3n) is 2.21. The topological polar surface area (TPSA) is 89.6 Å². The number of carbonyl (C=O) groups excluding carboxylic acids is 1. The molecule has 0 aliphatic heterocycles. The molecule has 0 amide bonds. The average Bonchev–Trinajstić information content (AvgIpc) is 2.16. The van der Waals surface area contributed by atoms with Gasteiger partial charge in [-0.15, -0.1) is 0 Å². The molecule has 0 saturated carbocycles. The van der Waals surface area contributed by atoms with E-state index < -0.39 is 11.9 Å². The number of aryl methyl sites for hydroxylation is 1. The van der Waals surface area contributed by atoms with E-state index >= 15 is 0 Å². The highest BCUT2D eigenvalue weighted by atomic mass is 16.7. The van der Waals surface area contributed by atoms with Crippen molar-refractivity contribution in [1.82, 2.24) is 0 Å². The van der Waals surface area contributed by atoms with Crippen LogP contribution in [0.4, 0.5) is 0 Å². The van der Waals surface area contributed by atoms with Crippen LogP contribution in [0.3, 0.4) is 0 Å². The molecule has 0 unspecified atom stereocenters. The normalized spacial score (nSPS) is 9.80. The van der Waals surface area contributed by atoms with E-state index in [1.165, 1.54) is 6.07 Å². The molecular formula is C10H11NO4. The molecule has 0 aromatic heterocycles. The second-order valence-electron chi connectivity index (χ2n) is 3.14. The fourth-order valence-corrected chi connectivity index (χ4v) is 1.46. The molecule has 1 rings (SSSR count). The second-order valence-corrected chi connectivity index (χ2v) is 3.14. The van der Waals surface area contributed by atoms with Crippen LogP contribution in [0, 0.1) is 13.8 Å². The number of carboxylic acid groups (broad SMARTS) is 1. The molecule has 0 bridgehead atoms. The van der Waals surface area contributed by atoms with E-state index in [2.05, 4.69) is 4.84 Å². The molecule has 0 atom stereocenters. The van der Waals surface area contributed by atoms with Crippen LogP contribution in [-0.2, 0) is 4.84 Å². The van der Waals surface area contributed by atoms with E-state index in [4.69, 9.17) is 11.0 Å². The highest BCUT2D eigenvalue weighted by Gasteiger charge is 2.18. The molecule has 0 heterocycles. The van der Waals surface area contributed by atoms with Gasteiger partial charge in [-0.2, -0.15) is 5.90 Å². The first-order valence-corrected chi connectivity index (χ1v) is 4.23. The number of hydrogen-bond acceptors (Lipinski definition) is 4. The van der Waals surface area contributed by atoms with Gasteiger partial charge in [0.1, 0.15) is 0 Å². The lowest BCUT2D eigenvalue weighted by molar-refractivity contribution is 0.0502. The lowest BCUT2D eigenvalue weighted by atomic mass is 9.98. The molecule has 3 N–H and O–H groups in total. The van der Waals surface area contributed by atoms with Gasteiger partial charge in [-0.3, -0.25) is 0 Å². The van der Waals surface area contributed by atoms with Crippen LogP contribution < -0.4 is 5.90 Å². The van der Waals surface area contributed by atoms with Gasteiger partial charge in [0.15, 0.2) is 0 Å². The van der Waals surface area contributed by atoms with Crippen LogP contribution in [0.25, 0.3) is 0 Å². The lowest BCUT2D eigenvalue weighted by Crippen LogP contribution is -2.14. The van der Waals surface area contributed by atoms with E-state index in [9.17, 15) is 9.59 Å². The number of rotatable bonds is 2. The molecule has 0 fully saturated rings. The minimum Gasteiger partial charge on any atom is -0.478 e. The Morgan fingerprint density at radius 2 is 1.93 bits per heavy atom. The van der Waals surface area contributed by atoms with E-state index in [1.54, 1.807) is 19.9 Å². The Morgan fingerprint density at radius 3 is 2.40 bits per heavy atom. The molecule has 1 aromatic carbocycles. The van der Waals surface area contributed by atoms with Crippen molar-refractivity contribution in [2.24, 2.45) is 5.90 Å². The second kappa shape index (κ2) is 4.10. The van der Waals surface area contributed by atoms with Crippen LogP contribution in [0.2, 0.25) is 0 Å². The largest absolute Gasteiger partial charge is 0.478 e. The fourth-order valence-electron chi connectivity index (χ4n) is 1.46. The number of aromatic carboxylic acids is 1. The molecule has 0 aliphatic rings. The van der Waals surface area contributed by atoms with Gasteiger partial charge in [-0.1, -0.05) is 6.07 Å². The smallest absolute Gasteiger partial charge is 0.356 e. The van der Waals surface area contributed by atoms with Crippen LogP contribution in [0.5, 0.6) is 0 Å². The van der Waals surface area contributed by atoms with Gasteiger partial charge >= 0.3 is 11.9 Å². The van der Waals surface area contributed by atoms with Crippen LogP contribution in [0.15, 0.2) is 12.1 Å². The SMILES string of the molecule is Cc1ccc(C(=O)ON)c(C)c1C(=O)O. The zero-order valence-corrected chi connectivity index (χ0v) is 8.40. The third kappa shape index (κ3) is 1.97. The molecule has 0 saturated heterocycles. The van der Waals surface area contributed by atoms with Crippen molar-refractivity contribution in [3.63, 3.8) is 0 Å². The van der Waals surface area contributed by atoms with Gasteiger partial charge in [0.05, 0.1) is 11.1 Å². The quantitative estimate of drug-likeness (QED) is 0.710. The van der Waals surface area contributed by atoms with Gasteiger partial charge in [0, 0.05) is 0 Å². The van der Waals surface area contributed by atoms with Crippen molar-refractivity contribution < 1.29 is 19.5 Å². The Hall–Kier alpha value is -1.88. The summed E-state index contributed by atoms with van der Waals surface area (Å²) < 4.78 is 0. The van der Waals surface area contributed by atoms with Crippen molar-refractivity contribution in [2.75, 3.05) is 0 Å². The predicted octanol–water partition coefficient (Wildman–Crippen LogP) is 1.03. The van der Waals surface area contributed by atoms with Gasteiger partial charge < -0.3 is 9.94 Å². The summed E-state index contributed by atoms with van der Waals surface area (Å²) in [6.45, 7) is 3.21. The van der Waals surface area contributed by atoms with E-state index in [-0.39, 0.29) is 11.1 Å². The fraction of sp³-hybridized carbons (Fsp3) is 0.200. The molecule has 15 heavy (non-hydrogen) atoms. The maximum atomic E-state index is 11.2. The molecule has 0 spiro atoms. The van der Waals surface area contributed by atoms with Crippen molar-refractivity contribution in [3.8, 4) is 0 Å². The molecule has 0 radical (unpaired) electrons. The number of hydrogen-bond donors (Lipinski definition) is 2. The van der Waals surface area contributed by atoms with Gasteiger partial charge in [0.2, 0.25) is 0 Å². The molecule has 5 nitrogen and oxygen atoms in total. The monoisotopic (exact) mass is 209 g/mol. The van der Waals surface area contributed by atoms with Crippen molar-refractivity contribution in [2.45, 2.75) is 13.8 Å². The minimum absolute atomic E-state index is 0.109. The number of carbonyl (C=O) groups is 2. The van der Waals surface area contributed by atoms with E-state index in [0.717, 1.165) is 0 Å². The Balaban J connectivity index is 3.41. The number of benzene rings is 1. The first-order chi connectivity index (χ1) is 6.99. The van der Waals surface area contributed by atoms with E-state index in [0.29, 0.717) is 11.1 Å². The van der Waals surface area contributed by atoms with Crippen molar-refractivity contribution in [3.05, 3.63) is 34.4 Å². The lowest BCUT2D eigenvalue weighted by Gasteiger charge is -2.08. The summed E-state index contributed by atoms with van der Waals surface area (Å²) >= 11 is 0. The summed E-state index contributed by atoms with van der Waals surface area (Å²) in [7, 11) is 0. The summed E-state index contributed by atoms with van der Waals surface area (Å²) in [4.78, 5) is 26.2.